The van der Waals surface area contributed by atoms with Gasteiger partial charge in [0.1, 0.15) is 12.3 Å². The van der Waals surface area contributed by atoms with Gasteiger partial charge in [-0.1, -0.05) is 30.3 Å². The van der Waals surface area contributed by atoms with Crippen LogP contribution >= 0.6 is 0 Å². The highest BCUT2D eigenvalue weighted by molar-refractivity contribution is 5.95. The molecule has 0 spiro atoms. The Balaban J connectivity index is 1.63. The molecule has 20 heavy (non-hydrogen) atoms. The molecule has 2 amide bonds. The first-order valence-corrected chi connectivity index (χ1v) is 6.05. The summed E-state index contributed by atoms with van der Waals surface area (Å²) in [6.45, 7) is 0.331. The number of ether oxygens (including phenoxy) is 1. The highest BCUT2D eigenvalue weighted by Gasteiger charge is 2.28. The average Bonchev–Trinajstić information content (AvgIpc) is 2.95. The summed E-state index contributed by atoms with van der Waals surface area (Å²) in [7, 11) is 0. The van der Waals surface area contributed by atoms with Crippen molar-refractivity contribution in [2.24, 2.45) is 0 Å². The molecule has 2 aromatic rings. The Morgan fingerprint density at radius 2 is 2.15 bits per heavy atom. The number of aromatic amines is 1. The van der Waals surface area contributed by atoms with E-state index < -0.39 is 12.0 Å². The summed E-state index contributed by atoms with van der Waals surface area (Å²) in [6.07, 6.45) is 0.805. The molecular weight excluding hydrogens is 260 g/mol. The zero-order chi connectivity index (χ0) is 13.9. The Labute approximate surface area is 114 Å². The van der Waals surface area contributed by atoms with E-state index in [9.17, 15) is 9.59 Å². The number of carbonyl (C=O) groups is 2. The van der Waals surface area contributed by atoms with E-state index in [1.165, 1.54) is 6.33 Å². The molecule has 0 saturated heterocycles. The third-order valence-corrected chi connectivity index (χ3v) is 2.91. The van der Waals surface area contributed by atoms with Crippen molar-refractivity contribution in [1.82, 2.24) is 20.4 Å². The fourth-order valence-corrected chi connectivity index (χ4v) is 1.91. The van der Waals surface area contributed by atoms with Crippen molar-refractivity contribution in [3.8, 4) is 0 Å². The van der Waals surface area contributed by atoms with E-state index in [1.807, 2.05) is 30.3 Å². The zero-order valence-electron chi connectivity index (χ0n) is 10.5. The van der Waals surface area contributed by atoms with Crippen molar-refractivity contribution in [2.75, 3.05) is 0 Å². The van der Waals surface area contributed by atoms with E-state index in [-0.39, 0.29) is 13.2 Å². The number of hydrogen-bond acceptors (Lipinski definition) is 4. The fraction of sp³-hybridized carbons (Fsp3) is 0.154. The number of amides is 2. The van der Waals surface area contributed by atoms with Crippen LogP contribution in [0.5, 0.6) is 0 Å². The number of H-pyrrole nitrogens is 1. The number of nitrogens with one attached hydrogen (secondary N) is 2. The van der Waals surface area contributed by atoms with Crippen molar-refractivity contribution in [3.05, 3.63) is 53.6 Å². The second kappa shape index (κ2) is 5.04. The number of rotatable bonds is 2. The van der Waals surface area contributed by atoms with Crippen LogP contribution in [-0.4, -0.2) is 27.0 Å². The lowest BCUT2D eigenvalue weighted by Gasteiger charge is -2.25. The van der Waals surface area contributed by atoms with Crippen molar-refractivity contribution in [2.45, 2.75) is 13.2 Å². The zero-order valence-corrected chi connectivity index (χ0v) is 10.5. The van der Waals surface area contributed by atoms with Crippen LogP contribution in [0.15, 0.2) is 36.7 Å². The van der Waals surface area contributed by atoms with Crippen LogP contribution in [0.4, 0.5) is 4.79 Å². The van der Waals surface area contributed by atoms with E-state index in [4.69, 9.17) is 4.74 Å². The van der Waals surface area contributed by atoms with Crippen molar-refractivity contribution < 1.29 is 14.3 Å². The van der Waals surface area contributed by atoms with E-state index in [0.29, 0.717) is 11.4 Å². The smallest absolute Gasteiger partial charge is 0.429 e. The summed E-state index contributed by atoms with van der Waals surface area (Å²) in [4.78, 5) is 30.3. The van der Waals surface area contributed by atoms with Crippen molar-refractivity contribution >= 4 is 12.0 Å². The van der Waals surface area contributed by atoms with E-state index >= 15 is 0 Å². The molecule has 0 unspecified atom stereocenters. The minimum absolute atomic E-state index is 0.152. The summed E-state index contributed by atoms with van der Waals surface area (Å²) in [6, 6.07) is 9.32. The lowest BCUT2D eigenvalue weighted by molar-refractivity contribution is 0.0545. The predicted octanol–water partition coefficient (Wildman–Crippen LogP) is 1.21. The van der Waals surface area contributed by atoms with Gasteiger partial charge >= 0.3 is 6.09 Å². The molecule has 0 atom stereocenters. The van der Waals surface area contributed by atoms with Gasteiger partial charge < -0.3 is 9.72 Å². The SMILES string of the molecule is O=C1NN(C(=O)OCc2ccccc2)Cc2nc[nH]c21. The topological polar surface area (TPSA) is 87.3 Å². The second-order valence-corrected chi connectivity index (χ2v) is 4.29. The maximum atomic E-state index is 11.9. The molecule has 0 bridgehead atoms. The van der Waals surface area contributed by atoms with E-state index in [2.05, 4.69) is 15.4 Å². The molecule has 7 nitrogen and oxygen atoms in total. The Hall–Kier alpha value is -2.83. The first-order chi connectivity index (χ1) is 9.74. The number of hydrogen-bond donors (Lipinski definition) is 2. The highest BCUT2D eigenvalue weighted by atomic mass is 16.6. The number of hydrazine groups is 1. The highest BCUT2D eigenvalue weighted by Crippen LogP contribution is 2.13. The Bertz CT molecular complexity index is 638. The first-order valence-electron chi connectivity index (χ1n) is 6.05. The lowest BCUT2D eigenvalue weighted by Crippen LogP contribution is -2.49. The van der Waals surface area contributed by atoms with Crippen LogP contribution in [0.25, 0.3) is 0 Å². The number of aromatic nitrogens is 2. The predicted molar refractivity (Wildman–Crippen MR) is 68.2 cm³/mol. The van der Waals surface area contributed by atoms with Gasteiger partial charge in [-0.3, -0.25) is 10.2 Å². The molecule has 7 heteroatoms. The average molecular weight is 272 g/mol. The molecule has 102 valence electrons. The maximum Gasteiger partial charge on any atom is 0.429 e. The van der Waals surface area contributed by atoms with E-state index in [1.54, 1.807) is 0 Å². The van der Waals surface area contributed by atoms with Crippen molar-refractivity contribution in [3.63, 3.8) is 0 Å². The Kier molecular flexibility index (Phi) is 3.08. The second-order valence-electron chi connectivity index (χ2n) is 4.29. The van der Waals surface area contributed by atoms with Gasteiger partial charge in [0.2, 0.25) is 0 Å². The third-order valence-electron chi connectivity index (χ3n) is 2.91. The summed E-state index contributed by atoms with van der Waals surface area (Å²) in [5.74, 6) is -0.402. The van der Waals surface area contributed by atoms with Gasteiger partial charge in [-0.2, -0.15) is 0 Å². The number of benzene rings is 1. The van der Waals surface area contributed by atoms with Gasteiger partial charge in [-0.05, 0) is 5.56 Å². The van der Waals surface area contributed by atoms with Gasteiger partial charge in [-0.15, -0.1) is 0 Å². The number of carbonyl (C=O) groups excluding carboxylic acids is 2. The Morgan fingerprint density at radius 3 is 2.95 bits per heavy atom. The molecule has 0 aliphatic carbocycles. The summed E-state index contributed by atoms with van der Waals surface area (Å²) < 4.78 is 5.14. The summed E-state index contributed by atoms with van der Waals surface area (Å²) in [5, 5.41) is 1.11. The molecular formula is C13H12N4O3. The van der Waals surface area contributed by atoms with Gasteiger partial charge in [-0.25, -0.2) is 14.8 Å². The molecule has 0 radical (unpaired) electrons. The molecule has 2 heterocycles. The van der Waals surface area contributed by atoms with Crippen LogP contribution < -0.4 is 5.43 Å². The Morgan fingerprint density at radius 1 is 1.35 bits per heavy atom. The maximum absolute atomic E-state index is 11.9. The summed E-state index contributed by atoms with van der Waals surface area (Å²) >= 11 is 0. The standard InChI is InChI=1S/C13H12N4O3/c18-12-11-10(14-8-15-11)6-17(16-12)13(19)20-7-9-4-2-1-3-5-9/h1-5,8H,6-7H2,(H,14,15)(H,16,18). The number of nitrogens with zero attached hydrogens (tertiary/aromatic N) is 2. The van der Waals surface area contributed by atoms with Crippen LogP contribution in [0, 0.1) is 0 Å². The normalized spacial score (nSPS) is 13.6. The molecule has 0 fully saturated rings. The van der Waals surface area contributed by atoms with Gasteiger partial charge in [0.25, 0.3) is 5.91 Å². The molecule has 2 N–H and O–H groups in total. The van der Waals surface area contributed by atoms with Crippen LogP contribution in [0.3, 0.4) is 0 Å². The fourth-order valence-electron chi connectivity index (χ4n) is 1.91. The lowest BCUT2D eigenvalue weighted by atomic mass is 10.2. The third kappa shape index (κ3) is 2.33. The van der Waals surface area contributed by atoms with Crippen molar-refractivity contribution in [1.29, 1.82) is 0 Å². The largest absolute Gasteiger partial charge is 0.443 e. The molecule has 1 aliphatic heterocycles. The summed E-state index contributed by atoms with van der Waals surface area (Å²) in [5.41, 5.74) is 4.21. The number of imidazole rings is 1. The van der Waals surface area contributed by atoms with E-state index in [0.717, 1.165) is 10.6 Å². The minimum Gasteiger partial charge on any atom is -0.443 e. The monoisotopic (exact) mass is 272 g/mol. The molecule has 1 aromatic carbocycles. The first kappa shape index (κ1) is 12.2. The molecule has 1 aliphatic rings. The van der Waals surface area contributed by atoms with Crippen LogP contribution in [0.2, 0.25) is 0 Å². The molecule has 1 aromatic heterocycles. The molecule has 0 saturated carbocycles. The van der Waals surface area contributed by atoms with Gasteiger partial charge in [0, 0.05) is 0 Å². The quantitative estimate of drug-likeness (QED) is 0.860. The number of fused-ring (bicyclic) bond motifs is 1. The molecule has 3 rings (SSSR count). The minimum atomic E-state index is -0.615. The van der Waals surface area contributed by atoms with Crippen LogP contribution in [-0.2, 0) is 17.9 Å². The van der Waals surface area contributed by atoms with Gasteiger partial charge in [0.15, 0.2) is 0 Å². The van der Waals surface area contributed by atoms with Gasteiger partial charge in [0.05, 0.1) is 18.6 Å². The van der Waals surface area contributed by atoms with Crippen LogP contribution in [0.1, 0.15) is 21.7 Å².